The molecule has 36 heavy (non-hydrogen) atoms. The Balaban J connectivity index is 1.36. The van der Waals surface area contributed by atoms with Gasteiger partial charge in [0.05, 0.1) is 11.4 Å². The first kappa shape index (κ1) is 22.3. The summed E-state index contributed by atoms with van der Waals surface area (Å²) in [5.41, 5.74) is 3.72. The topological polar surface area (TPSA) is 44.6 Å². The van der Waals surface area contributed by atoms with Crippen LogP contribution in [0.15, 0.2) is 119 Å². The SMILES string of the molecule is Oc1ccc2cc(Br)ccc2c1C=Nc1ccccc1NCc1c2ccccc2cc2ccccc12. The lowest BCUT2D eigenvalue weighted by Crippen LogP contribution is -2.01. The molecule has 0 saturated heterocycles. The number of nitrogens with zero attached hydrogens (tertiary/aromatic N) is 1. The molecule has 6 aromatic carbocycles. The molecule has 0 bridgehead atoms. The van der Waals surface area contributed by atoms with E-state index in [0.29, 0.717) is 12.1 Å². The number of anilines is 1. The number of nitrogens with one attached hydrogen (secondary N) is 1. The van der Waals surface area contributed by atoms with Crippen molar-refractivity contribution in [3.05, 3.63) is 125 Å². The Morgan fingerprint density at radius 3 is 2.14 bits per heavy atom. The van der Waals surface area contributed by atoms with Crippen molar-refractivity contribution in [3.63, 3.8) is 0 Å². The average Bonchev–Trinajstić information content (AvgIpc) is 2.91. The zero-order valence-corrected chi connectivity index (χ0v) is 21.0. The van der Waals surface area contributed by atoms with Gasteiger partial charge in [-0.2, -0.15) is 0 Å². The molecular weight excluding hydrogens is 508 g/mol. The lowest BCUT2D eigenvalue weighted by atomic mass is 9.96. The molecule has 0 radical (unpaired) electrons. The Labute approximate surface area is 217 Å². The maximum Gasteiger partial charge on any atom is 0.124 e. The monoisotopic (exact) mass is 530 g/mol. The summed E-state index contributed by atoms with van der Waals surface area (Å²) >= 11 is 3.52. The highest BCUT2D eigenvalue weighted by Gasteiger charge is 2.09. The molecule has 6 aromatic rings. The number of fused-ring (bicyclic) bond motifs is 3. The predicted octanol–water partition coefficient (Wildman–Crippen LogP) is 8.98. The number of halogens is 1. The van der Waals surface area contributed by atoms with Crippen molar-refractivity contribution in [3.8, 4) is 5.75 Å². The molecule has 0 aliphatic rings. The van der Waals surface area contributed by atoms with Gasteiger partial charge in [-0.05, 0) is 74.3 Å². The third-order valence-corrected chi connectivity index (χ3v) is 7.07. The van der Waals surface area contributed by atoms with Crippen molar-refractivity contribution < 1.29 is 5.11 Å². The fourth-order valence-corrected chi connectivity index (χ4v) is 5.18. The Morgan fingerprint density at radius 1 is 0.694 bits per heavy atom. The van der Waals surface area contributed by atoms with Gasteiger partial charge >= 0.3 is 0 Å². The predicted molar refractivity (Wildman–Crippen MR) is 156 cm³/mol. The lowest BCUT2D eigenvalue weighted by Gasteiger charge is -2.14. The zero-order chi connectivity index (χ0) is 24.5. The van der Waals surface area contributed by atoms with Crippen molar-refractivity contribution in [1.29, 1.82) is 0 Å². The van der Waals surface area contributed by atoms with Crippen molar-refractivity contribution in [1.82, 2.24) is 0 Å². The second kappa shape index (κ2) is 9.48. The maximum absolute atomic E-state index is 10.6. The second-order valence-electron chi connectivity index (χ2n) is 8.79. The number of phenolic OH excluding ortho intramolecular Hbond substituents is 1. The van der Waals surface area contributed by atoms with Crippen LogP contribution in [0.1, 0.15) is 11.1 Å². The van der Waals surface area contributed by atoms with E-state index >= 15 is 0 Å². The standard InChI is InChI=1S/C32H23BrN2O/c33-24-14-15-27-23(18-24)13-16-32(36)29(27)20-35-31-12-6-5-11-30(31)34-19-28-25-9-3-1-7-21(25)17-22-8-2-4-10-26(22)28/h1-18,20,34,36H,19H2. The van der Waals surface area contributed by atoms with Crippen LogP contribution >= 0.6 is 15.9 Å². The molecule has 6 rings (SSSR count). The molecule has 0 spiro atoms. The van der Waals surface area contributed by atoms with E-state index in [1.54, 1.807) is 12.3 Å². The summed E-state index contributed by atoms with van der Waals surface area (Å²) in [6, 6.07) is 37.0. The first-order valence-corrected chi connectivity index (χ1v) is 12.6. The lowest BCUT2D eigenvalue weighted by molar-refractivity contribution is 0.475. The van der Waals surface area contributed by atoms with Crippen LogP contribution in [0.3, 0.4) is 0 Å². The molecule has 2 N–H and O–H groups in total. The number of aliphatic imine (C=N–C) groups is 1. The van der Waals surface area contributed by atoms with Gasteiger partial charge in [-0.25, -0.2) is 0 Å². The van der Waals surface area contributed by atoms with E-state index in [1.165, 1.54) is 27.1 Å². The minimum atomic E-state index is 0.209. The van der Waals surface area contributed by atoms with E-state index in [0.717, 1.165) is 26.6 Å². The molecule has 0 amide bonds. The summed E-state index contributed by atoms with van der Waals surface area (Å²) in [4.78, 5) is 4.79. The summed E-state index contributed by atoms with van der Waals surface area (Å²) in [7, 11) is 0. The Kier molecular flexibility index (Phi) is 5.88. The number of phenols is 1. The van der Waals surface area contributed by atoms with Gasteiger partial charge in [-0.3, -0.25) is 4.99 Å². The number of hydrogen-bond donors (Lipinski definition) is 2. The van der Waals surface area contributed by atoms with Crippen LogP contribution in [0.2, 0.25) is 0 Å². The molecule has 0 aliphatic carbocycles. The van der Waals surface area contributed by atoms with Crippen LogP contribution in [-0.4, -0.2) is 11.3 Å². The first-order valence-electron chi connectivity index (χ1n) is 11.8. The third kappa shape index (κ3) is 4.21. The fourth-order valence-electron chi connectivity index (χ4n) is 4.80. The molecular formula is C32H23BrN2O. The summed E-state index contributed by atoms with van der Waals surface area (Å²) in [5.74, 6) is 0.209. The minimum Gasteiger partial charge on any atom is -0.507 e. The van der Waals surface area contributed by atoms with Crippen LogP contribution in [0.5, 0.6) is 5.75 Å². The molecule has 0 aliphatic heterocycles. The van der Waals surface area contributed by atoms with Crippen LogP contribution in [0.25, 0.3) is 32.3 Å². The normalized spacial score (nSPS) is 11.6. The summed E-state index contributed by atoms with van der Waals surface area (Å²) in [6.45, 7) is 0.669. The van der Waals surface area contributed by atoms with Gasteiger partial charge in [0.1, 0.15) is 5.75 Å². The van der Waals surface area contributed by atoms with E-state index in [1.807, 2.05) is 48.5 Å². The summed E-state index contributed by atoms with van der Waals surface area (Å²) < 4.78 is 0.999. The van der Waals surface area contributed by atoms with Gasteiger partial charge in [0.2, 0.25) is 0 Å². The molecule has 3 nitrogen and oxygen atoms in total. The van der Waals surface area contributed by atoms with E-state index < -0.39 is 0 Å². The van der Waals surface area contributed by atoms with E-state index in [4.69, 9.17) is 4.99 Å². The van der Waals surface area contributed by atoms with Crippen LogP contribution in [-0.2, 0) is 6.54 Å². The Hall–Kier alpha value is -4.15. The van der Waals surface area contributed by atoms with Crippen molar-refractivity contribution in [2.24, 2.45) is 4.99 Å². The van der Waals surface area contributed by atoms with Gasteiger partial charge in [0, 0.05) is 22.8 Å². The number of rotatable bonds is 5. The van der Waals surface area contributed by atoms with E-state index in [-0.39, 0.29) is 5.75 Å². The maximum atomic E-state index is 10.6. The molecule has 0 atom stereocenters. The number of hydrogen-bond acceptors (Lipinski definition) is 3. The highest BCUT2D eigenvalue weighted by atomic mass is 79.9. The molecule has 4 heteroatoms. The molecule has 0 heterocycles. The highest BCUT2D eigenvalue weighted by molar-refractivity contribution is 9.10. The molecule has 0 aromatic heterocycles. The van der Waals surface area contributed by atoms with Crippen LogP contribution in [0, 0.1) is 0 Å². The average molecular weight is 531 g/mol. The van der Waals surface area contributed by atoms with Crippen molar-refractivity contribution in [2.75, 3.05) is 5.32 Å². The van der Waals surface area contributed by atoms with Gasteiger partial charge in [-0.1, -0.05) is 88.7 Å². The Morgan fingerprint density at radius 2 is 1.36 bits per heavy atom. The molecule has 0 fully saturated rings. The number of aromatic hydroxyl groups is 1. The second-order valence-corrected chi connectivity index (χ2v) is 9.71. The summed E-state index contributed by atoms with van der Waals surface area (Å²) in [5, 5.41) is 21.1. The van der Waals surface area contributed by atoms with Gasteiger partial charge < -0.3 is 10.4 Å². The minimum absolute atomic E-state index is 0.209. The quantitative estimate of drug-likeness (QED) is 0.172. The number of para-hydroxylation sites is 2. The van der Waals surface area contributed by atoms with Crippen molar-refractivity contribution in [2.45, 2.75) is 6.54 Å². The largest absolute Gasteiger partial charge is 0.507 e. The Bertz CT molecular complexity index is 1720. The van der Waals surface area contributed by atoms with Crippen LogP contribution < -0.4 is 5.32 Å². The fraction of sp³-hybridized carbons (Fsp3) is 0.0312. The summed E-state index contributed by atoms with van der Waals surface area (Å²) in [6.07, 6.45) is 1.75. The molecule has 174 valence electrons. The zero-order valence-electron chi connectivity index (χ0n) is 19.4. The van der Waals surface area contributed by atoms with E-state index in [2.05, 4.69) is 75.8 Å². The van der Waals surface area contributed by atoms with Crippen molar-refractivity contribution >= 4 is 65.8 Å². The van der Waals surface area contributed by atoms with Gasteiger partial charge in [0.15, 0.2) is 0 Å². The third-order valence-electron chi connectivity index (χ3n) is 6.58. The highest BCUT2D eigenvalue weighted by Crippen LogP contribution is 2.32. The molecule has 0 saturated carbocycles. The number of benzene rings is 6. The molecule has 0 unspecified atom stereocenters. The van der Waals surface area contributed by atoms with Gasteiger partial charge in [-0.15, -0.1) is 0 Å². The van der Waals surface area contributed by atoms with Gasteiger partial charge in [0.25, 0.3) is 0 Å². The first-order chi connectivity index (χ1) is 17.7. The van der Waals surface area contributed by atoms with Crippen LogP contribution in [0.4, 0.5) is 11.4 Å². The van der Waals surface area contributed by atoms with E-state index in [9.17, 15) is 5.11 Å². The smallest absolute Gasteiger partial charge is 0.124 e.